The van der Waals surface area contributed by atoms with Gasteiger partial charge in [0.15, 0.2) is 0 Å². The Hall–Kier alpha value is -1.69. The third-order valence-electron chi connectivity index (χ3n) is 2.41. The highest BCUT2D eigenvalue weighted by molar-refractivity contribution is 7.97. The maximum Gasteiger partial charge on any atom is 0.315 e. The highest BCUT2D eigenvalue weighted by atomic mass is 32.2. The van der Waals surface area contributed by atoms with Gasteiger partial charge in [-0.2, -0.15) is 11.8 Å². The molecule has 0 bridgehead atoms. The van der Waals surface area contributed by atoms with E-state index in [9.17, 15) is 9.59 Å². The first-order chi connectivity index (χ1) is 9.11. The van der Waals surface area contributed by atoms with Crippen LogP contribution in [0.1, 0.15) is 17.5 Å². The average molecular weight is 282 g/mol. The van der Waals surface area contributed by atoms with Crippen LogP contribution in [0.25, 0.3) is 0 Å². The topological polar surface area (TPSA) is 78.4 Å². The minimum Gasteiger partial charge on any atom is -0.481 e. The van der Waals surface area contributed by atoms with Gasteiger partial charge in [-0.15, -0.1) is 0 Å². The van der Waals surface area contributed by atoms with E-state index in [0.717, 1.165) is 11.3 Å². The molecule has 1 aromatic rings. The second-order valence-corrected chi connectivity index (χ2v) is 4.87. The van der Waals surface area contributed by atoms with Gasteiger partial charge in [0.2, 0.25) is 0 Å². The molecule has 1 rings (SSSR count). The molecule has 0 saturated heterocycles. The monoisotopic (exact) mass is 282 g/mol. The standard InChI is InChI=1S/C13H18N2O3S/c1-19-9-11-4-2-10(3-5-11)8-15-13(18)14-7-6-12(16)17/h2-5H,6-9H2,1H3,(H,16,17)(H2,14,15,18). The number of carboxylic acids is 1. The number of nitrogens with one attached hydrogen (secondary N) is 2. The summed E-state index contributed by atoms with van der Waals surface area (Å²) in [6, 6.07) is 7.67. The first-order valence-corrected chi connectivity index (χ1v) is 7.31. The molecule has 0 aliphatic carbocycles. The van der Waals surface area contributed by atoms with E-state index >= 15 is 0 Å². The summed E-state index contributed by atoms with van der Waals surface area (Å²) in [4.78, 5) is 21.6. The number of urea groups is 1. The second kappa shape index (κ2) is 8.42. The third-order valence-corrected chi connectivity index (χ3v) is 3.03. The number of benzene rings is 1. The van der Waals surface area contributed by atoms with Gasteiger partial charge >= 0.3 is 12.0 Å². The summed E-state index contributed by atoms with van der Waals surface area (Å²) in [7, 11) is 0. The number of carbonyl (C=O) groups excluding carboxylic acids is 1. The number of amides is 2. The fourth-order valence-electron chi connectivity index (χ4n) is 1.45. The van der Waals surface area contributed by atoms with Gasteiger partial charge in [-0.3, -0.25) is 4.79 Å². The van der Waals surface area contributed by atoms with Gasteiger partial charge in [0.25, 0.3) is 0 Å². The maximum atomic E-state index is 11.3. The summed E-state index contributed by atoms with van der Waals surface area (Å²) >= 11 is 1.76. The van der Waals surface area contributed by atoms with Crippen molar-refractivity contribution < 1.29 is 14.7 Å². The van der Waals surface area contributed by atoms with E-state index in [-0.39, 0.29) is 19.0 Å². The van der Waals surface area contributed by atoms with Crippen molar-refractivity contribution in [2.24, 2.45) is 0 Å². The Morgan fingerprint density at radius 3 is 2.37 bits per heavy atom. The van der Waals surface area contributed by atoms with Crippen molar-refractivity contribution in [2.75, 3.05) is 12.8 Å². The van der Waals surface area contributed by atoms with Crippen molar-refractivity contribution in [3.05, 3.63) is 35.4 Å². The number of thioether (sulfide) groups is 1. The lowest BCUT2D eigenvalue weighted by Crippen LogP contribution is -2.36. The summed E-state index contributed by atoms with van der Waals surface area (Å²) in [5, 5.41) is 13.6. The smallest absolute Gasteiger partial charge is 0.315 e. The minimum absolute atomic E-state index is 0.0726. The van der Waals surface area contributed by atoms with Crippen LogP contribution in [0.2, 0.25) is 0 Å². The molecule has 0 atom stereocenters. The predicted molar refractivity (Wildman–Crippen MR) is 76.2 cm³/mol. The van der Waals surface area contributed by atoms with Gasteiger partial charge in [-0.05, 0) is 17.4 Å². The number of hydrogen-bond acceptors (Lipinski definition) is 3. The molecule has 0 aliphatic rings. The molecule has 1 aromatic carbocycles. The molecule has 0 saturated carbocycles. The zero-order valence-electron chi connectivity index (χ0n) is 10.8. The zero-order valence-corrected chi connectivity index (χ0v) is 11.6. The van der Waals surface area contributed by atoms with Crippen molar-refractivity contribution in [3.63, 3.8) is 0 Å². The third kappa shape index (κ3) is 6.71. The molecule has 104 valence electrons. The Bertz CT molecular complexity index is 420. The van der Waals surface area contributed by atoms with E-state index in [1.165, 1.54) is 5.56 Å². The van der Waals surface area contributed by atoms with Crippen molar-refractivity contribution in [1.29, 1.82) is 0 Å². The van der Waals surface area contributed by atoms with Gasteiger partial charge in [0, 0.05) is 18.8 Å². The van der Waals surface area contributed by atoms with Gasteiger partial charge in [-0.1, -0.05) is 24.3 Å². The Morgan fingerprint density at radius 2 is 1.79 bits per heavy atom. The summed E-state index contributed by atoms with van der Waals surface area (Å²) < 4.78 is 0. The maximum absolute atomic E-state index is 11.3. The number of hydrogen-bond donors (Lipinski definition) is 3. The lowest BCUT2D eigenvalue weighted by Gasteiger charge is -2.07. The zero-order chi connectivity index (χ0) is 14.1. The van der Waals surface area contributed by atoms with Crippen LogP contribution >= 0.6 is 11.8 Å². The highest BCUT2D eigenvalue weighted by Crippen LogP contribution is 2.10. The molecule has 0 radical (unpaired) electrons. The Labute approximate surface area is 116 Å². The fourth-order valence-corrected chi connectivity index (χ4v) is 1.97. The number of carboxylic acid groups (broad SMARTS) is 1. The molecule has 0 spiro atoms. The Balaban J connectivity index is 2.27. The number of aliphatic carboxylic acids is 1. The SMILES string of the molecule is CSCc1ccc(CNC(=O)NCCC(=O)O)cc1. The first-order valence-electron chi connectivity index (χ1n) is 5.92. The molecule has 0 unspecified atom stereocenters. The van der Waals surface area contributed by atoms with Gasteiger partial charge in [0.1, 0.15) is 0 Å². The van der Waals surface area contributed by atoms with Crippen LogP contribution in [-0.4, -0.2) is 29.9 Å². The first kappa shape index (κ1) is 15.4. The van der Waals surface area contributed by atoms with Crippen LogP contribution < -0.4 is 10.6 Å². The molecular weight excluding hydrogens is 264 g/mol. The second-order valence-electron chi connectivity index (χ2n) is 4.00. The highest BCUT2D eigenvalue weighted by Gasteiger charge is 2.02. The van der Waals surface area contributed by atoms with Crippen molar-refractivity contribution in [1.82, 2.24) is 10.6 Å². The van der Waals surface area contributed by atoms with Gasteiger partial charge in [0.05, 0.1) is 6.42 Å². The number of rotatable bonds is 7. The van der Waals surface area contributed by atoms with Crippen LogP contribution in [0.4, 0.5) is 4.79 Å². The van der Waals surface area contributed by atoms with Gasteiger partial charge < -0.3 is 15.7 Å². The van der Waals surface area contributed by atoms with Crippen LogP contribution in [0.15, 0.2) is 24.3 Å². The lowest BCUT2D eigenvalue weighted by atomic mass is 10.1. The van der Waals surface area contributed by atoms with Crippen LogP contribution in [-0.2, 0) is 17.1 Å². The van der Waals surface area contributed by atoms with Crippen LogP contribution in [0.5, 0.6) is 0 Å². The fraction of sp³-hybridized carbons (Fsp3) is 0.385. The molecule has 0 fully saturated rings. The normalized spacial score (nSPS) is 9.95. The summed E-state index contributed by atoms with van der Waals surface area (Å²) in [6.07, 6.45) is 1.98. The lowest BCUT2D eigenvalue weighted by molar-refractivity contribution is -0.136. The van der Waals surface area contributed by atoms with E-state index in [0.29, 0.717) is 6.54 Å². The van der Waals surface area contributed by atoms with Crippen LogP contribution in [0.3, 0.4) is 0 Å². The molecule has 3 N–H and O–H groups in total. The van der Waals surface area contributed by atoms with Crippen LogP contribution in [0, 0.1) is 0 Å². The quantitative estimate of drug-likeness (QED) is 0.713. The molecule has 0 heterocycles. The minimum atomic E-state index is -0.926. The molecule has 2 amide bonds. The van der Waals surface area contributed by atoms with Gasteiger partial charge in [-0.25, -0.2) is 4.79 Å². The largest absolute Gasteiger partial charge is 0.481 e. The van der Waals surface area contributed by atoms with E-state index in [4.69, 9.17) is 5.11 Å². The summed E-state index contributed by atoms with van der Waals surface area (Å²) in [5.74, 6) is 0.0494. The van der Waals surface area contributed by atoms with E-state index in [1.807, 2.05) is 24.3 Å². The predicted octanol–water partition coefficient (Wildman–Crippen LogP) is 1.82. The summed E-state index contributed by atoms with van der Waals surface area (Å²) in [6.45, 7) is 0.562. The Kier molecular flexibility index (Phi) is 6.81. The Morgan fingerprint density at radius 1 is 1.16 bits per heavy atom. The van der Waals surface area contributed by atoms with Crippen molar-refractivity contribution in [2.45, 2.75) is 18.7 Å². The van der Waals surface area contributed by atoms with E-state index < -0.39 is 5.97 Å². The molecule has 0 aliphatic heterocycles. The van der Waals surface area contributed by atoms with E-state index in [2.05, 4.69) is 16.9 Å². The van der Waals surface area contributed by atoms with E-state index in [1.54, 1.807) is 11.8 Å². The summed E-state index contributed by atoms with van der Waals surface area (Å²) in [5.41, 5.74) is 2.26. The molecular formula is C13H18N2O3S. The van der Waals surface area contributed by atoms with Crippen molar-refractivity contribution in [3.8, 4) is 0 Å². The average Bonchev–Trinajstić information content (AvgIpc) is 2.38. The molecule has 0 aromatic heterocycles. The molecule has 5 nitrogen and oxygen atoms in total. The van der Waals surface area contributed by atoms with Crippen molar-refractivity contribution >= 4 is 23.8 Å². The molecule has 6 heteroatoms. The molecule has 19 heavy (non-hydrogen) atoms. The number of carbonyl (C=O) groups is 2.